The molecule has 15 heavy (non-hydrogen) atoms. The highest BCUT2D eigenvalue weighted by Gasteiger charge is 2.32. The number of alkyl halides is 3. The fourth-order valence-corrected chi connectivity index (χ4v) is 0.910. The Morgan fingerprint density at radius 3 is 2.60 bits per heavy atom. The molecule has 1 rings (SSSR count). The highest BCUT2D eigenvalue weighted by atomic mass is 19.4. The molecule has 0 atom stereocenters. The maximum atomic E-state index is 11.8. The summed E-state index contributed by atoms with van der Waals surface area (Å²) in [6, 6.07) is 0.694. The number of rotatable bonds is 2. The summed E-state index contributed by atoms with van der Waals surface area (Å²) in [4.78, 5) is 13.7. The highest BCUT2D eigenvalue weighted by molar-refractivity contribution is 5.76. The van der Waals surface area contributed by atoms with E-state index in [4.69, 9.17) is 5.11 Å². The van der Waals surface area contributed by atoms with Crippen LogP contribution in [0.2, 0.25) is 0 Å². The fraction of sp³-hybridized carbons (Fsp3) is 0.250. The minimum Gasteiger partial charge on any atom is -0.505 e. The van der Waals surface area contributed by atoms with Crippen molar-refractivity contribution in [2.24, 2.45) is 0 Å². The van der Waals surface area contributed by atoms with Crippen molar-refractivity contribution in [1.82, 2.24) is 4.98 Å². The smallest absolute Gasteiger partial charge is 0.505 e. The number of aromatic hydroxyl groups is 1. The molecule has 0 aliphatic heterocycles. The van der Waals surface area contributed by atoms with Crippen LogP contribution in [0.15, 0.2) is 6.07 Å². The summed E-state index contributed by atoms with van der Waals surface area (Å²) >= 11 is 0. The van der Waals surface area contributed by atoms with Crippen LogP contribution in [-0.4, -0.2) is 22.7 Å². The highest BCUT2D eigenvalue weighted by Crippen LogP contribution is 2.29. The first-order valence-corrected chi connectivity index (χ1v) is 3.75. The van der Waals surface area contributed by atoms with Crippen molar-refractivity contribution in [3.05, 3.63) is 17.5 Å². The molecule has 0 fully saturated rings. The molecule has 1 aromatic heterocycles. The number of ether oxygens (including phenoxy) is 1. The molecule has 0 radical (unpaired) electrons. The van der Waals surface area contributed by atoms with Crippen LogP contribution in [-0.2, 0) is 0 Å². The van der Waals surface area contributed by atoms with Gasteiger partial charge in [-0.3, -0.25) is 4.79 Å². The van der Waals surface area contributed by atoms with Gasteiger partial charge in [0.1, 0.15) is 11.4 Å². The molecule has 0 amide bonds. The molecular formula is C8H6F3NO3. The van der Waals surface area contributed by atoms with Crippen LogP contribution in [0.4, 0.5) is 13.2 Å². The molecule has 1 aromatic rings. The second-order valence-electron chi connectivity index (χ2n) is 2.64. The first kappa shape index (κ1) is 11.3. The predicted octanol–water partition coefficient (Wildman–Crippen LogP) is 1.81. The normalized spacial score (nSPS) is 11.2. The number of aromatic nitrogens is 1. The number of nitrogens with zero attached hydrogens (tertiary/aromatic N) is 1. The van der Waals surface area contributed by atoms with E-state index in [0.29, 0.717) is 6.07 Å². The molecular weight excluding hydrogens is 215 g/mol. The van der Waals surface area contributed by atoms with Crippen molar-refractivity contribution >= 4 is 6.29 Å². The van der Waals surface area contributed by atoms with E-state index in [2.05, 4.69) is 9.72 Å². The summed E-state index contributed by atoms with van der Waals surface area (Å²) in [5.74, 6) is -1.29. The molecule has 0 saturated heterocycles. The van der Waals surface area contributed by atoms with Gasteiger partial charge in [-0.1, -0.05) is 0 Å². The van der Waals surface area contributed by atoms with Gasteiger partial charge in [0.05, 0.1) is 5.69 Å². The van der Waals surface area contributed by atoms with E-state index in [0.717, 1.165) is 0 Å². The molecule has 0 unspecified atom stereocenters. The van der Waals surface area contributed by atoms with Crippen LogP contribution in [0.25, 0.3) is 0 Å². The Morgan fingerprint density at radius 1 is 1.53 bits per heavy atom. The number of hydrogen-bond acceptors (Lipinski definition) is 4. The monoisotopic (exact) mass is 221 g/mol. The molecule has 0 bridgehead atoms. The van der Waals surface area contributed by atoms with Gasteiger partial charge in [0, 0.05) is 6.07 Å². The van der Waals surface area contributed by atoms with E-state index in [-0.39, 0.29) is 17.7 Å². The molecule has 1 N–H and O–H groups in total. The second kappa shape index (κ2) is 3.76. The summed E-state index contributed by atoms with van der Waals surface area (Å²) in [5, 5.41) is 9.07. The van der Waals surface area contributed by atoms with E-state index in [1.54, 1.807) is 0 Å². The summed E-state index contributed by atoms with van der Waals surface area (Å²) < 4.78 is 39.1. The Balaban J connectivity index is 3.11. The van der Waals surface area contributed by atoms with Crippen molar-refractivity contribution in [1.29, 1.82) is 0 Å². The van der Waals surface area contributed by atoms with Gasteiger partial charge in [0.15, 0.2) is 12.0 Å². The SMILES string of the molecule is Cc1nc(C=O)c(O)cc1OC(F)(F)F. The Morgan fingerprint density at radius 2 is 2.13 bits per heavy atom. The van der Waals surface area contributed by atoms with E-state index in [1.165, 1.54) is 6.92 Å². The molecule has 0 aliphatic rings. The van der Waals surface area contributed by atoms with Gasteiger partial charge < -0.3 is 9.84 Å². The number of pyridine rings is 1. The number of aldehydes is 1. The quantitative estimate of drug-likeness (QED) is 0.773. The first-order valence-electron chi connectivity index (χ1n) is 3.75. The molecule has 7 heteroatoms. The Hall–Kier alpha value is -1.79. The lowest BCUT2D eigenvalue weighted by atomic mass is 10.3. The van der Waals surface area contributed by atoms with Crippen molar-refractivity contribution in [2.75, 3.05) is 0 Å². The van der Waals surface area contributed by atoms with Crippen LogP contribution in [0.1, 0.15) is 16.2 Å². The third-order valence-electron chi connectivity index (χ3n) is 1.51. The Bertz CT molecular complexity index is 389. The Labute approximate surface area is 82.3 Å². The average molecular weight is 221 g/mol. The molecule has 82 valence electrons. The largest absolute Gasteiger partial charge is 0.573 e. The maximum absolute atomic E-state index is 11.8. The van der Waals surface area contributed by atoms with Crippen molar-refractivity contribution in [3.8, 4) is 11.5 Å². The van der Waals surface area contributed by atoms with Gasteiger partial charge in [0.2, 0.25) is 0 Å². The lowest BCUT2D eigenvalue weighted by Gasteiger charge is -2.11. The number of halogens is 3. The van der Waals surface area contributed by atoms with E-state index in [9.17, 15) is 18.0 Å². The number of hydrogen-bond donors (Lipinski definition) is 1. The summed E-state index contributed by atoms with van der Waals surface area (Å²) in [7, 11) is 0. The van der Waals surface area contributed by atoms with Gasteiger partial charge in [-0.25, -0.2) is 4.98 Å². The minimum atomic E-state index is -4.86. The molecule has 4 nitrogen and oxygen atoms in total. The van der Waals surface area contributed by atoms with Crippen molar-refractivity contribution in [3.63, 3.8) is 0 Å². The van der Waals surface area contributed by atoms with Crippen LogP contribution >= 0.6 is 0 Å². The number of aryl methyl sites for hydroxylation is 1. The fourth-order valence-electron chi connectivity index (χ4n) is 0.910. The van der Waals surface area contributed by atoms with Crippen molar-refractivity contribution < 1.29 is 27.8 Å². The topological polar surface area (TPSA) is 59.4 Å². The van der Waals surface area contributed by atoms with Gasteiger partial charge in [-0.05, 0) is 6.92 Å². The maximum Gasteiger partial charge on any atom is 0.573 e. The zero-order chi connectivity index (χ0) is 11.6. The third kappa shape index (κ3) is 2.83. The predicted molar refractivity (Wildman–Crippen MR) is 42.7 cm³/mol. The zero-order valence-corrected chi connectivity index (χ0v) is 7.50. The molecule has 0 aliphatic carbocycles. The van der Waals surface area contributed by atoms with Gasteiger partial charge in [-0.15, -0.1) is 13.2 Å². The lowest BCUT2D eigenvalue weighted by molar-refractivity contribution is -0.275. The molecule has 1 heterocycles. The average Bonchev–Trinajstić information content (AvgIpc) is 2.08. The summed E-state index contributed by atoms with van der Waals surface area (Å²) in [6.07, 6.45) is -4.62. The number of carbonyl (C=O) groups excluding carboxylic acids is 1. The lowest BCUT2D eigenvalue weighted by Crippen LogP contribution is -2.18. The zero-order valence-electron chi connectivity index (χ0n) is 7.50. The standard InChI is InChI=1S/C8H6F3NO3/c1-4-7(15-8(9,10)11)2-6(14)5(3-13)12-4/h2-3,14H,1H3. The van der Waals surface area contributed by atoms with Crippen LogP contribution in [0.3, 0.4) is 0 Å². The molecule has 0 saturated carbocycles. The minimum absolute atomic E-state index is 0.132. The van der Waals surface area contributed by atoms with Crippen LogP contribution in [0.5, 0.6) is 11.5 Å². The van der Waals surface area contributed by atoms with Gasteiger partial charge >= 0.3 is 6.36 Å². The summed E-state index contributed by atoms with van der Waals surface area (Å²) in [6.45, 7) is 1.23. The van der Waals surface area contributed by atoms with Crippen molar-refractivity contribution in [2.45, 2.75) is 13.3 Å². The van der Waals surface area contributed by atoms with Gasteiger partial charge in [-0.2, -0.15) is 0 Å². The van der Waals surface area contributed by atoms with E-state index < -0.39 is 17.9 Å². The third-order valence-corrected chi connectivity index (χ3v) is 1.51. The van der Waals surface area contributed by atoms with E-state index in [1.807, 2.05) is 0 Å². The van der Waals surface area contributed by atoms with Crippen LogP contribution < -0.4 is 4.74 Å². The Kier molecular flexibility index (Phi) is 2.83. The second-order valence-corrected chi connectivity index (χ2v) is 2.64. The number of carbonyl (C=O) groups is 1. The molecule has 0 spiro atoms. The molecule has 0 aromatic carbocycles. The first-order chi connectivity index (χ1) is 6.83. The van der Waals surface area contributed by atoms with Gasteiger partial charge in [0.25, 0.3) is 0 Å². The summed E-state index contributed by atoms with van der Waals surface area (Å²) in [5.41, 5.74) is -0.464. The van der Waals surface area contributed by atoms with Crippen LogP contribution in [0, 0.1) is 6.92 Å². The van der Waals surface area contributed by atoms with E-state index >= 15 is 0 Å².